The molecule has 2 aromatic heterocycles. The van der Waals surface area contributed by atoms with Crippen LogP contribution in [0, 0.1) is 12.8 Å². The highest BCUT2D eigenvalue weighted by Crippen LogP contribution is 2.35. The number of pyridine rings is 1. The van der Waals surface area contributed by atoms with Crippen LogP contribution >= 0.6 is 0 Å². The zero-order valence-corrected chi connectivity index (χ0v) is 16.7. The third-order valence-electron chi connectivity index (χ3n) is 5.50. The highest BCUT2D eigenvalue weighted by atomic mass is 19.4. The molecule has 160 valence electrons. The third-order valence-corrected chi connectivity index (χ3v) is 5.50. The molecule has 1 fully saturated rings. The number of aryl methyl sites for hydroxylation is 1. The van der Waals surface area contributed by atoms with Crippen molar-refractivity contribution in [1.82, 2.24) is 19.4 Å². The molecule has 6 nitrogen and oxygen atoms in total. The minimum absolute atomic E-state index is 0.0535. The second kappa shape index (κ2) is 7.11. The average molecular weight is 428 g/mol. The van der Waals surface area contributed by atoms with Crippen LogP contribution in [-0.4, -0.2) is 31.9 Å². The summed E-state index contributed by atoms with van der Waals surface area (Å²) in [5.41, 5.74) is 1.50. The van der Waals surface area contributed by atoms with E-state index in [-0.39, 0.29) is 17.5 Å². The molecule has 0 saturated heterocycles. The Morgan fingerprint density at radius 3 is 2.68 bits per heavy atom. The number of carbonyl (C=O) groups excluding carboxylic acids is 1. The number of carbonyl (C=O) groups is 1. The van der Waals surface area contributed by atoms with Crippen LogP contribution in [0.1, 0.15) is 34.7 Å². The number of benzene rings is 1. The van der Waals surface area contributed by atoms with E-state index < -0.39 is 11.7 Å². The van der Waals surface area contributed by atoms with Gasteiger partial charge in [0.25, 0.3) is 5.91 Å². The number of fused-ring (bicyclic) bond motifs is 1. The minimum Gasteiger partial charge on any atom is -0.439 e. The van der Waals surface area contributed by atoms with Gasteiger partial charge in [0.15, 0.2) is 0 Å². The second-order valence-corrected chi connectivity index (χ2v) is 7.92. The van der Waals surface area contributed by atoms with E-state index in [4.69, 9.17) is 4.74 Å². The van der Waals surface area contributed by atoms with Gasteiger partial charge >= 0.3 is 6.18 Å². The van der Waals surface area contributed by atoms with Gasteiger partial charge in [-0.1, -0.05) is 6.07 Å². The van der Waals surface area contributed by atoms with Gasteiger partial charge in [0.05, 0.1) is 23.6 Å². The maximum Gasteiger partial charge on any atom is 0.416 e. The molecule has 9 heteroatoms. The van der Waals surface area contributed by atoms with Gasteiger partial charge in [0.2, 0.25) is 11.7 Å². The molecule has 2 aliphatic rings. The van der Waals surface area contributed by atoms with Crippen LogP contribution in [0.15, 0.2) is 42.6 Å². The highest BCUT2D eigenvalue weighted by Gasteiger charge is 2.36. The highest BCUT2D eigenvalue weighted by molar-refractivity contribution is 5.94. The van der Waals surface area contributed by atoms with Gasteiger partial charge in [-0.25, -0.2) is 9.97 Å². The first-order valence-electron chi connectivity index (χ1n) is 9.97. The van der Waals surface area contributed by atoms with Crippen molar-refractivity contribution in [2.24, 2.45) is 5.92 Å². The van der Waals surface area contributed by atoms with Crippen LogP contribution in [0.2, 0.25) is 0 Å². The molecule has 31 heavy (non-hydrogen) atoms. The first-order valence-corrected chi connectivity index (χ1v) is 9.97. The molecule has 1 aliphatic heterocycles. The maximum absolute atomic E-state index is 12.9. The Kier molecular flexibility index (Phi) is 4.49. The molecular formula is C22H19F3N4O2. The maximum atomic E-state index is 12.9. The molecule has 0 spiro atoms. The Hall–Kier alpha value is -3.36. The Labute approximate surface area is 176 Å². The topological polar surface area (TPSA) is 60.2 Å². The summed E-state index contributed by atoms with van der Waals surface area (Å²) >= 11 is 0. The van der Waals surface area contributed by atoms with E-state index in [1.807, 2.05) is 16.4 Å². The number of hydrogen-bond acceptors (Lipinski definition) is 4. The van der Waals surface area contributed by atoms with Gasteiger partial charge < -0.3 is 14.2 Å². The lowest BCUT2D eigenvalue weighted by Gasteiger charge is -2.15. The predicted molar refractivity (Wildman–Crippen MR) is 105 cm³/mol. The summed E-state index contributed by atoms with van der Waals surface area (Å²) in [5, 5.41) is 0. The molecule has 0 bridgehead atoms. The summed E-state index contributed by atoms with van der Waals surface area (Å²) in [7, 11) is 0. The standard InChI is InChI=1S/C22H19F3N4O2/c1-13-19(29-12-28(11-14-5-6-14)21(30)20(29)27-13)15-7-8-18(26-10-15)31-17-4-2-3-16(9-17)22(23,24)25/h2-4,7-10,14H,5-6,11-12H2,1H3. The smallest absolute Gasteiger partial charge is 0.416 e. The van der Waals surface area contributed by atoms with Crippen molar-refractivity contribution >= 4 is 5.91 Å². The monoisotopic (exact) mass is 428 g/mol. The molecule has 3 heterocycles. The lowest BCUT2D eigenvalue weighted by Crippen LogP contribution is -2.27. The van der Waals surface area contributed by atoms with Gasteiger partial charge in [-0.05, 0) is 49.9 Å². The number of imidazole rings is 1. The number of aromatic nitrogens is 3. The number of alkyl halides is 3. The van der Waals surface area contributed by atoms with Crippen molar-refractivity contribution in [3.8, 4) is 22.9 Å². The van der Waals surface area contributed by atoms with Crippen molar-refractivity contribution < 1.29 is 22.7 Å². The van der Waals surface area contributed by atoms with E-state index in [0.29, 0.717) is 18.4 Å². The minimum atomic E-state index is -4.44. The van der Waals surface area contributed by atoms with Crippen molar-refractivity contribution in [3.05, 3.63) is 59.7 Å². The summed E-state index contributed by atoms with van der Waals surface area (Å²) in [6.07, 6.45) is -0.542. The number of ether oxygens (including phenoxy) is 1. The summed E-state index contributed by atoms with van der Waals surface area (Å²) in [6.45, 7) is 3.05. The SMILES string of the molecule is Cc1nc2n(c1-c1ccc(Oc3cccc(C(F)(F)F)c3)nc1)CN(CC1CC1)C2=O. The Bertz CT molecular complexity index is 1150. The molecule has 0 N–H and O–H groups in total. The van der Waals surface area contributed by atoms with Crippen LogP contribution < -0.4 is 4.74 Å². The van der Waals surface area contributed by atoms with E-state index in [1.165, 1.54) is 12.1 Å². The van der Waals surface area contributed by atoms with E-state index >= 15 is 0 Å². The zero-order valence-electron chi connectivity index (χ0n) is 16.7. The molecule has 1 saturated carbocycles. The molecule has 3 aromatic rings. The van der Waals surface area contributed by atoms with Gasteiger partial charge in [0, 0.05) is 24.4 Å². The van der Waals surface area contributed by atoms with Gasteiger partial charge in [-0.2, -0.15) is 13.2 Å². The Balaban J connectivity index is 1.37. The third kappa shape index (κ3) is 3.75. The van der Waals surface area contributed by atoms with E-state index in [1.54, 1.807) is 18.3 Å². The van der Waals surface area contributed by atoms with Crippen LogP contribution in [0.5, 0.6) is 11.6 Å². The van der Waals surface area contributed by atoms with E-state index in [0.717, 1.165) is 48.5 Å². The largest absolute Gasteiger partial charge is 0.439 e. The number of nitrogens with zero attached hydrogens (tertiary/aromatic N) is 4. The molecular weight excluding hydrogens is 409 g/mol. The fraction of sp³-hybridized carbons (Fsp3) is 0.318. The summed E-state index contributed by atoms with van der Waals surface area (Å²) < 4.78 is 46.0. The Morgan fingerprint density at radius 2 is 2.00 bits per heavy atom. The second-order valence-electron chi connectivity index (χ2n) is 7.92. The van der Waals surface area contributed by atoms with E-state index in [9.17, 15) is 18.0 Å². The van der Waals surface area contributed by atoms with Gasteiger partial charge in [0.1, 0.15) is 5.75 Å². The first-order chi connectivity index (χ1) is 14.8. The summed E-state index contributed by atoms with van der Waals surface area (Å²) in [4.78, 5) is 23.2. The lowest BCUT2D eigenvalue weighted by molar-refractivity contribution is -0.137. The van der Waals surface area contributed by atoms with Crippen molar-refractivity contribution in [1.29, 1.82) is 0 Å². The normalized spacial score (nSPS) is 16.0. The molecule has 5 rings (SSSR count). The van der Waals surface area contributed by atoms with Crippen molar-refractivity contribution in [2.75, 3.05) is 6.54 Å². The molecule has 0 unspecified atom stereocenters. The molecule has 0 atom stereocenters. The fourth-order valence-corrected chi connectivity index (χ4v) is 3.81. The molecule has 1 aliphatic carbocycles. The van der Waals surface area contributed by atoms with Crippen LogP contribution in [0.3, 0.4) is 0 Å². The van der Waals surface area contributed by atoms with Gasteiger partial charge in [-0.3, -0.25) is 4.79 Å². The molecule has 1 aromatic carbocycles. The van der Waals surface area contributed by atoms with Gasteiger partial charge in [-0.15, -0.1) is 0 Å². The Morgan fingerprint density at radius 1 is 1.19 bits per heavy atom. The predicted octanol–water partition coefficient (Wildman–Crippen LogP) is 4.89. The lowest BCUT2D eigenvalue weighted by atomic mass is 10.2. The van der Waals surface area contributed by atoms with Crippen molar-refractivity contribution in [2.45, 2.75) is 32.6 Å². The average Bonchev–Trinajstić information content (AvgIpc) is 3.42. The number of hydrogen-bond donors (Lipinski definition) is 0. The zero-order chi connectivity index (χ0) is 21.8. The summed E-state index contributed by atoms with van der Waals surface area (Å²) in [5.74, 6) is 1.19. The first kappa shape index (κ1) is 19.6. The number of rotatable bonds is 5. The fourth-order valence-electron chi connectivity index (χ4n) is 3.81. The summed E-state index contributed by atoms with van der Waals surface area (Å²) in [6, 6.07) is 8.01. The van der Waals surface area contributed by atoms with Crippen molar-refractivity contribution in [3.63, 3.8) is 0 Å². The number of halogens is 3. The van der Waals surface area contributed by atoms with Crippen LogP contribution in [0.4, 0.5) is 13.2 Å². The molecule has 1 amide bonds. The quantitative estimate of drug-likeness (QED) is 0.581. The molecule has 0 radical (unpaired) electrons. The number of amides is 1. The van der Waals surface area contributed by atoms with Crippen LogP contribution in [-0.2, 0) is 12.8 Å². The van der Waals surface area contributed by atoms with E-state index in [2.05, 4.69) is 9.97 Å². The van der Waals surface area contributed by atoms with Crippen LogP contribution in [0.25, 0.3) is 11.3 Å².